The molecule has 0 bridgehead atoms. The third-order valence-corrected chi connectivity index (χ3v) is 4.81. The molecule has 0 saturated carbocycles. The number of sulfonamides is 1. The predicted molar refractivity (Wildman–Crippen MR) is 107 cm³/mol. The molecule has 0 saturated heterocycles. The summed E-state index contributed by atoms with van der Waals surface area (Å²) in [5.74, 6) is 0. The molecule has 8 nitrogen and oxygen atoms in total. The van der Waals surface area contributed by atoms with Crippen LogP contribution in [0, 0.1) is 13.3 Å². The number of primary sulfonamides is 1. The maximum atomic E-state index is 11.4. The summed E-state index contributed by atoms with van der Waals surface area (Å²) in [5, 5.41) is 5.16. The molecule has 0 spiro atoms. The van der Waals surface area contributed by atoms with Crippen molar-refractivity contribution in [2.24, 2.45) is 5.14 Å². The first kappa shape index (κ1) is 24.9. The number of nitrogens with zero attached hydrogens (tertiary/aromatic N) is 3. The van der Waals surface area contributed by atoms with E-state index >= 15 is 0 Å². The molecule has 1 aromatic carbocycles. The summed E-state index contributed by atoms with van der Waals surface area (Å²) in [4.78, 5) is 11.1. The molecule has 2 N–H and O–H groups in total. The Bertz CT molecular complexity index is 975. The molecule has 0 aliphatic rings. The zero-order chi connectivity index (χ0) is 22.4. The van der Waals surface area contributed by atoms with Crippen molar-refractivity contribution in [3.8, 4) is 0 Å². The number of rotatable bonds is 7. The minimum absolute atomic E-state index is 0.113. The Hall–Kier alpha value is -3.13. The van der Waals surface area contributed by atoms with Crippen molar-refractivity contribution in [3.05, 3.63) is 103 Å². The van der Waals surface area contributed by atoms with Gasteiger partial charge in [0.05, 0.1) is 16.3 Å². The third kappa shape index (κ3) is 8.48. The van der Waals surface area contributed by atoms with Crippen LogP contribution >= 0.6 is 0 Å². The molecular formula is C21H20N4O4S. The first-order valence-electron chi connectivity index (χ1n) is 8.55. The van der Waals surface area contributed by atoms with Gasteiger partial charge in [0.25, 0.3) is 0 Å². The van der Waals surface area contributed by atoms with Crippen molar-refractivity contribution < 1.29 is 17.7 Å². The molecule has 0 aliphatic heterocycles. The second-order valence-electron chi connectivity index (χ2n) is 5.98. The summed E-state index contributed by atoms with van der Waals surface area (Å²) >= 11 is 0. The monoisotopic (exact) mass is 424 g/mol. The van der Waals surface area contributed by atoms with E-state index in [4.69, 9.17) is 14.4 Å². The van der Waals surface area contributed by atoms with Gasteiger partial charge in [-0.05, 0) is 42.0 Å². The topological polar surface area (TPSA) is 129 Å². The Labute approximate surface area is 175 Å². The van der Waals surface area contributed by atoms with E-state index in [1.807, 2.05) is 36.4 Å². The molecule has 0 radical (unpaired) electrons. The Morgan fingerprint density at radius 3 is 1.60 bits per heavy atom. The molecule has 2 heterocycles. The Morgan fingerprint density at radius 2 is 1.23 bits per heavy atom. The van der Waals surface area contributed by atoms with Gasteiger partial charge in [-0.1, -0.05) is 24.3 Å². The Morgan fingerprint density at radius 1 is 0.767 bits per heavy atom. The molecule has 3 aromatic rings. The van der Waals surface area contributed by atoms with Crippen LogP contribution in [-0.2, 0) is 39.0 Å². The molecule has 0 unspecified atom stereocenters. The number of pyridine rings is 2. The fourth-order valence-electron chi connectivity index (χ4n) is 2.65. The van der Waals surface area contributed by atoms with Crippen molar-refractivity contribution in [1.82, 2.24) is 14.9 Å². The van der Waals surface area contributed by atoms with Crippen LogP contribution in [0.5, 0.6) is 0 Å². The standard InChI is InChI=1S/C19H20N4O2S.2CO/c20-26(24,25)19-9-7-16(8-10-19)13-23(14-17-5-1-3-11-21-17)15-18-6-2-4-12-22-18;2*1-2/h1-12H,13-15H2,(H2,20,24,25);;. The van der Waals surface area contributed by atoms with Crippen molar-refractivity contribution in [1.29, 1.82) is 0 Å². The fraction of sp³-hybridized carbons (Fsp3) is 0.143. The number of hydrogen-bond acceptors (Lipinski definition) is 5. The van der Waals surface area contributed by atoms with Crippen LogP contribution in [-0.4, -0.2) is 23.3 Å². The van der Waals surface area contributed by atoms with Gasteiger partial charge in [0.2, 0.25) is 10.0 Å². The molecule has 154 valence electrons. The molecule has 0 aliphatic carbocycles. The van der Waals surface area contributed by atoms with E-state index in [1.165, 1.54) is 12.1 Å². The average molecular weight is 424 g/mol. The van der Waals surface area contributed by atoms with Crippen LogP contribution in [0.4, 0.5) is 0 Å². The zero-order valence-electron chi connectivity index (χ0n) is 16.0. The zero-order valence-corrected chi connectivity index (χ0v) is 16.8. The average Bonchev–Trinajstić information content (AvgIpc) is 2.78. The Kier molecular flexibility index (Phi) is 10.9. The van der Waals surface area contributed by atoms with Crippen LogP contribution in [0.1, 0.15) is 17.0 Å². The summed E-state index contributed by atoms with van der Waals surface area (Å²) < 4.78 is 37.8. The summed E-state index contributed by atoms with van der Waals surface area (Å²) in [6.45, 7) is 11.0. The van der Waals surface area contributed by atoms with E-state index in [1.54, 1.807) is 24.5 Å². The molecule has 0 fully saturated rings. The van der Waals surface area contributed by atoms with Crippen LogP contribution < -0.4 is 5.14 Å². The van der Waals surface area contributed by atoms with Gasteiger partial charge in [-0.3, -0.25) is 14.9 Å². The summed E-state index contributed by atoms with van der Waals surface area (Å²) in [5.41, 5.74) is 2.92. The van der Waals surface area contributed by atoms with Gasteiger partial charge in [-0.15, -0.1) is 0 Å². The van der Waals surface area contributed by atoms with E-state index < -0.39 is 10.0 Å². The van der Waals surface area contributed by atoms with E-state index in [0.717, 1.165) is 17.0 Å². The fourth-order valence-corrected chi connectivity index (χ4v) is 3.17. The van der Waals surface area contributed by atoms with Gasteiger partial charge >= 0.3 is 22.6 Å². The van der Waals surface area contributed by atoms with Gasteiger partial charge in [0.1, 0.15) is 0 Å². The number of nitrogens with two attached hydrogens (primary N) is 1. The normalized spacial score (nSPS) is 10.2. The van der Waals surface area contributed by atoms with Crippen molar-refractivity contribution >= 4 is 10.0 Å². The number of hydrogen-bond donors (Lipinski definition) is 1. The molecule has 30 heavy (non-hydrogen) atoms. The SMILES string of the molecule is NS(=O)(=O)c1ccc(CN(Cc2ccccn2)Cc2ccccn2)cc1.[C-]#[O+].[C-]#[O+]. The van der Waals surface area contributed by atoms with Crippen LogP contribution in [0.3, 0.4) is 0 Å². The molecule has 9 heteroatoms. The van der Waals surface area contributed by atoms with Crippen molar-refractivity contribution in [3.63, 3.8) is 0 Å². The number of benzene rings is 1. The summed E-state index contributed by atoms with van der Waals surface area (Å²) in [6.07, 6.45) is 3.55. The first-order chi connectivity index (χ1) is 14.5. The molecule has 2 aromatic heterocycles. The minimum atomic E-state index is -3.68. The molecule has 0 amide bonds. The third-order valence-electron chi connectivity index (χ3n) is 3.88. The molecular weight excluding hydrogens is 404 g/mol. The second-order valence-corrected chi connectivity index (χ2v) is 7.54. The summed E-state index contributed by atoms with van der Waals surface area (Å²) in [6, 6.07) is 18.3. The van der Waals surface area contributed by atoms with E-state index in [-0.39, 0.29) is 4.90 Å². The van der Waals surface area contributed by atoms with E-state index in [2.05, 4.69) is 28.2 Å². The molecule has 0 atom stereocenters. The summed E-state index contributed by atoms with van der Waals surface area (Å²) in [7, 11) is -3.68. The van der Waals surface area contributed by atoms with Crippen LogP contribution in [0.15, 0.2) is 78.0 Å². The number of aromatic nitrogens is 2. The van der Waals surface area contributed by atoms with Gasteiger partial charge in [0.15, 0.2) is 0 Å². The quantitative estimate of drug-likeness (QED) is 0.459. The van der Waals surface area contributed by atoms with Crippen LogP contribution in [0.25, 0.3) is 0 Å². The van der Waals surface area contributed by atoms with E-state index in [0.29, 0.717) is 19.6 Å². The van der Waals surface area contributed by atoms with Crippen molar-refractivity contribution in [2.75, 3.05) is 0 Å². The van der Waals surface area contributed by atoms with Gasteiger partial charge in [0, 0.05) is 32.0 Å². The second kappa shape index (κ2) is 13.2. The first-order valence-corrected chi connectivity index (χ1v) is 10.1. The predicted octanol–water partition coefficient (Wildman–Crippen LogP) is 2.25. The molecule has 3 rings (SSSR count). The van der Waals surface area contributed by atoms with Gasteiger partial charge < -0.3 is 0 Å². The van der Waals surface area contributed by atoms with Crippen LogP contribution in [0.2, 0.25) is 0 Å². The Balaban J connectivity index is 0.00000106. The van der Waals surface area contributed by atoms with Gasteiger partial charge in [-0.2, -0.15) is 0 Å². The van der Waals surface area contributed by atoms with E-state index in [9.17, 15) is 8.42 Å². The van der Waals surface area contributed by atoms with Crippen molar-refractivity contribution in [2.45, 2.75) is 24.5 Å². The van der Waals surface area contributed by atoms with Gasteiger partial charge in [-0.25, -0.2) is 13.6 Å². The maximum absolute atomic E-state index is 11.4.